The minimum Gasteiger partial charge on any atom is -0.468 e. The van der Waals surface area contributed by atoms with E-state index in [1.165, 1.54) is 13.2 Å². The topological polar surface area (TPSA) is 102 Å². The van der Waals surface area contributed by atoms with Gasteiger partial charge in [-0.2, -0.15) is 9.97 Å². The number of likely N-dealkylation sites (tertiary alicyclic amines) is 1. The lowest BCUT2D eigenvalue weighted by atomic mass is 9.95. The summed E-state index contributed by atoms with van der Waals surface area (Å²) >= 11 is 0. The zero-order chi connectivity index (χ0) is 40.5. The van der Waals surface area contributed by atoms with E-state index in [0.717, 1.165) is 38.6 Å². The van der Waals surface area contributed by atoms with Crippen LogP contribution in [0, 0.1) is 29.4 Å². The number of carbonyl (C=O) groups is 1. The molecule has 3 saturated heterocycles. The maximum atomic E-state index is 17.6. The van der Waals surface area contributed by atoms with E-state index in [1.807, 2.05) is 25.7 Å². The number of aromatic nitrogens is 3. The monoisotopic (exact) mass is 798 g/mol. The molecule has 58 heavy (non-hydrogen) atoms. The summed E-state index contributed by atoms with van der Waals surface area (Å²) in [5.41, 5.74) is -0.0714. The van der Waals surface area contributed by atoms with Crippen molar-refractivity contribution in [3.63, 3.8) is 0 Å². The second kappa shape index (κ2) is 14.7. The Bertz CT molecular complexity index is 2330. The van der Waals surface area contributed by atoms with Crippen molar-refractivity contribution in [2.75, 3.05) is 51.6 Å². The largest absolute Gasteiger partial charge is 0.468 e. The molecule has 1 aliphatic carbocycles. The predicted molar refractivity (Wildman–Crippen MR) is 213 cm³/mol. The molecular weight excluding hydrogens is 750 g/mol. The van der Waals surface area contributed by atoms with Gasteiger partial charge < -0.3 is 23.8 Å². The summed E-state index contributed by atoms with van der Waals surface area (Å²) in [5, 5.41) is 1.33. The van der Waals surface area contributed by atoms with Crippen LogP contribution in [0.15, 0.2) is 24.3 Å². The Balaban J connectivity index is 1.17. The van der Waals surface area contributed by atoms with Gasteiger partial charge in [0.05, 0.1) is 41.4 Å². The molecule has 0 radical (unpaired) electrons. The van der Waals surface area contributed by atoms with Crippen LogP contribution in [-0.2, 0) is 15.9 Å². The Hall–Kier alpha value is -4.87. The van der Waals surface area contributed by atoms with Gasteiger partial charge in [0.2, 0.25) is 0 Å². The van der Waals surface area contributed by atoms with E-state index in [-0.39, 0.29) is 64.8 Å². The third kappa shape index (κ3) is 7.04. The second-order valence-corrected chi connectivity index (χ2v) is 17.7. The van der Waals surface area contributed by atoms with Crippen LogP contribution >= 0.6 is 0 Å². The summed E-state index contributed by atoms with van der Waals surface area (Å²) in [6.07, 6.45) is 10.6. The quantitative estimate of drug-likeness (QED) is 0.124. The van der Waals surface area contributed by atoms with E-state index >= 15 is 8.78 Å². The molecule has 4 atom stereocenters. The molecule has 11 nitrogen and oxygen atoms in total. The van der Waals surface area contributed by atoms with Gasteiger partial charge in [0.25, 0.3) is 0 Å². The maximum absolute atomic E-state index is 17.6. The highest BCUT2D eigenvalue weighted by Gasteiger charge is 2.51. The lowest BCUT2D eigenvalue weighted by Crippen LogP contribution is -2.62. The zero-order valence-corrected chi connectivity index (χ0v) is 33.5. The highest BCUT2D eigenvalue weighted by Crippen LogP contribution is 2.49. The van der Waals surface area contributed by atoms with Crippen LogP contribution in [0.1, 0.15) is 77.0 Å². The minimum absolute atomic E-state index is 0.0248. The average molecular weight is 799 g/mol. The van der Waals surface area contributed by atoms with Gasteiger partial charge in [-0.15, -0.1) is 6.42 Å². The molecule has 2 aromatic carbocycles. The summed E-state index contributed by atoms with van der Waals surface area (Å²) < 4.78 is 70.6. The SMILES string of the molecule is C#Cc1c(F)ccc2cc(OCOC)cc(-c3nc4c5c(nc(OCC6(CN7CCC[C@@H](F)C7)CC6)nc5c3F)N3C[C@H]5CC[C@@H]([C@H]3CC4)N5C(=O)OC(C)(C)C)c12. The summed E-state index contributed by atoms with van der Waals surface area (Å²) in [5.74, 6) is 1.98. The molecule has 1 saturated carbocycles. The smallest absolute Gasteiger partial charge is 0.410 e. The number of carbonyl (C=O) groups excluding carboxylic acids is 1. The van der Waals surface area contributed by atoms with Gasteiger partial charge >= 0.3 is 12.1 Å². The van der Waals surface area contributed by atoms with E-state index in [4.69, 9.17) is 40.3 Å². The van der Waals surface area contributed by atoms with Crippen LogP contribution in [0.5, 0.6) is 11.8 Å². The number of amides is 1. The average Bonchev–Trinajstić information content (AvgIpc) is 3.90. The number of methoxy groups -OCH3 is 1. The van der Waals surface area contributed by atoms with Gasteiger partial charge in [0, 0.05) is 43.1 Å². The third-order valence-electron chi connectivity index (χ3n) is 12.4. The molecule has 0 N–H and O–H groups in total. The van der Waals surface area contributed by atoms with Crippen LogP contribution in [0.4, 0.5) is 23.8 Å². The summed E-state index contributed by atoms with van der Waals surface area (Å²) in [7, 11) is 1.49. The molecule has 1 amide bonds. The number of hydrogen-bond acceptors (Lipinski definition) is 10. The van der Waals surface area contributed by atoms with Gasteiger partial charge in [-0.05, 0) is 102 Å². The van der Waals surface area contributed by atoms with Gasteiger partial charge in [0.1, 0.15) is 40.4 Å². The molecule has 5 aliphatic rings. The van der Waals surface area contributed by atoms with Crippen molar-refractivity contribution >= 4 is 33.6 Å². The molecule has 0 unspecified atom stereocenters. The van der Waals surface area contributed by atoms with E-state index in [2.05, 4.69) is 15.7 Å². The van der Waals surface area contributed by atoms with Crippen molar-refractivity contribution in [2.45, 2.75) is 102 Å². The summed E-state index contributed by atoms with van der Waals surface area (Å²) in [6.45, 7) is 8.25. The van der Waals surface area contributed by atoms with Crippen molar-refractivity contribution in [3.05, 3.63) is 47.2 Å². The molecule has 2 aromatic heterocycles. The molecule has 6 heterocycles. The molecule has 4 fully saturated rings. The van der Waals surface area contributed by atoms with Crippen LogP contribution in [-0.4, -0.2) is 107 Å². The number of piperazine rings is 1. The first-order chi connectivity index (χ1) is 27.8. The Labute approximate surface area is 336 Å². The van der Waals surface area contributed by atoms with Gasteiger partial charge in [-0.1, -0.05) is 12.0 Å². The van der Waals surface area contributed by atoms with Gasteiger partial charge in [-0.25, -0.2) is 22.9 Å². The van der Waals surface area contributed by atoms with Crippen molar-refractivity contribution in [3.8, 4) is 35.4 Å². The summed E-state index contributed by atoms with van der Waals surface area (Å²) in [4.78, 5) is 34.8. The fraction of sp³-hybridized carbons (Fsp3) is 0.545. The molecule has 0 spiro atoms. The number of rotatable bonds is 9. The molecule has 4 aromatic rings. The Morgan fingerprint density at radius 1 is 1.02 bits per heavy atom. The standard InChI is InChI=1S/C44H49F3N6O5/c1-6-29-31(46)11-9-25-18-28(57-24-55-5)19-30(35(25)29)38-37(47)39-36-32(48-38)12-14-33-34-13-10-27(53(34)42(54)58-43(2,3)4)21-52(33)40(36)50-41(49-39)56-23-44(15-16-44)22-51-17-7-8-26(45)20-51/h1,9,11,18-19,26-27,33-34H,7-8,10,12-17,20-24H2,2-5H3/t26-,27-,33-,34+/m1/s1. The lowest BCUT2D eigenvalue weighted by Gasteiger charge is -2.47. The number of halogens is 3. The molecular formula is C44H49F3N6O5. The van der Waals surface area contributed by atoms with Crippen LogP contribution in [0.2, 0.25) is 0 Å². The number of terminal acetylenes is 1. The number of aryl methyl sites for hydroxylation is 1. The maximum Gasteiger partial charge on any atom is 0.410 e. The number of hydrogen-bond donors (Lipinski definition) is 0. The number of ether oxygens (including phenoxy) is 4. The first-order valence-corrected chi connectivity index (χ1v) is 20.4. The number of anilines is 1. The molecule has 14 heteroatoms. The number of nitrogens with zero attached hydrogens (tertiary/aromatic N) is 6. The number of benzene rings is 2. The van der Waals surface area contributed by atoms with Crippen molar-refractivity contribution in [1.29, 1.82) is 0 Å². The fourth-order valence-electron chi connectivity index (χ4n) is 9.66. The minimum atomic E-state index is -0.831. The highest BCUT2D eigenvalue weighted by molar-refractivity contribution is 6.03. The number of pyridine rings is 1. The van der Waals surface area contributed by atoms with Crippen LogP contribution in [0.25, 0.3) is 32.9 Å². The first-order valence-electron chi connectivity index (χ1n) is 20.4. The van der Waals surface area contributed by atoms with Gasteiger partial charge in [0.15, 0.2) is 12.6 Å². The highest BCUT2D eigenvalue weighted by atomic mass is 19.1. The van der Waals surface area contributed by atoms with Crippen molar-refractivity contribution in [2.24, 2.45) is 5.41 Å². The number of fused-ring (bicyclic) bond motifs is 6. The normalized spacial score (nSPS) is 23.7. The van der Waals surface area contributed by atoms with E-state index in [0.29, 0.717) is 78.9 Å². The van der Waals surface area contributed by atoms with Crippen molar-refractivity contribution in [1.82, 2.24) is 24.8 Å². The molecule has 9 rings (SSSR count). The molecule has 2 bridgehead atoms. The zero-order valence-electron chi connectivity index (χ0n) is 33.5. The molecule has 306 valence electrons. The van der Waals surface area contributed by atoms with Crippen LogP contribution < -0.4 is 14.4 Å². The lowest BCUT2D eigenvalue weighted by molar-refractivity contribution is 0.00720. The van der Waals surface area contributed by atoms with Crippen molar-refractivity contribution < 1.29 is 36.9 Å². The third-order valence-corrected chi connectivity index (χ3v) is 12.4. The second-order valence-electron chi connectivity index (χ2n) is 17.7. The Morgan fingerprint density at radius 2 is 1.84 bits per heavy atom. The number of piperidine rings is 1. The van der Waals surface area contributed by atoms with Crippen LogP contribution in [0.3, 0.4) is 0 Å². The van der Waals surface area contributed by atoms with E-state index in [1.54, 1.807) is 18.2 Å². The molecule has 4 aliphatic heterocycles. The van der Waals surface area contributed by atoms with Gasteiger partial charge in [-0.3, -0.25) is 9.80 Å². The fourth-order valence-corrected chi connectivity index (χ4v) is 9.66. The van der Waals surface area contributed by atoms with E-state index in [9.17, 15) is 9.18 Å². The Kier molecular flexibility index (Phi) is 9.82. The summed E-state index contributed by atoms with van der Waals surface area (Å²) in [6, 6.07) is 5.70. The van der Waals surface area contributed by atoms with E-state index < -0.39 is 23.4 Å². The first kappa shape index (κ1) is 38.6. The number of alkyl halides is 1. The Morgan fingerprint density at radius 3 is 2.59 bits per heavy atom. The predicted octanol–water partition coefficient (Wildman–Crippen LogP) is 7.58.